The SMILES string of the molecule is C[SiH](C)C(CCCl)P(c1ccccc1)c1ccccc1. The molecule has 1 unspecified atom stereocenters. The quantitative estimate of drug-likeness (QED) is 0.426. The molecule has 20 heavy (non-hydrogen) atoms. The Morgan fingerprint density at radius 3 is 1.70 bits per heavy atom. The van der Waals surface area contributed by atoms with Crippen molar-refractivity contribution in [3.05, 3.63) is 60.7 Å². The van der Waals surface area contributed by atoms with E-state index in [0.717, 1.165) is 17.6 Å². The lowest BCUT2D eigenvalue weighted by molar-refractivity contribution is 1.03. The van der Waals surface area contributed by atoms with Gasteiger partial charge in [0, 0.05) is 14.7 Å². The molecule has 0 spiro atoms. The molecule has 2 aromatic carbocycles. The van der Waals surface area contributed by atoms with Gasteiger partial charge in [-0.05, 0) is 30.2 Å². The molecule has 0 aromatic heterocycles. The highest BCUT2D eigenvalue weighted by atomic mass is 35.5. The van der Waals surface area contributed by atoms with Crippen molar-refractivity contribution < 1.29 is 0 Å². The smallest absolute Gasteiger partial charge is 0.0395 e. The predicted octanol–water partition coefficient (Wildman–Crippen LogP) is 4.14. The number of alkyl halides is 1. The van der Waals surface area contributed by atoms with E-state index in [2.05, 4.69) is 73.8 Å². The summed E-state index contributed by atoms with van der Waals surface area (Å²) in [6.45, 7) is 4.91. The Labute approximate surface area is 130 Å². The van der Waals surface area contributed by atoms with Gasteiger partial charge < -0.3 is 0 Å². The molecule has 0 N–H and O–H groups in total. The summed E-state index contributed by atoms with van der Waals surface area (Å²) in [6.07, 6.45) is 1.14. The van der Waals surface area contributed by atoms with Crippen molar-refractivity contribution in [3.63, 3.8) is 0 Å². The highest BCUT2D eigenvalue weighted by molar-refractivity contribution is 7.75. The van der Waals surface area contributed by atoms with Gasteiger partial charge in [-0.3, -0.25) is 0 Å². The average Bonchev–Trinajstić information content (AvgIpc) is 2.49. The van der Waals surface area contributed by atoms with Gasteiger partial charge in [-0.15, -0.1) is 11.6 Å². The first-order chi connectivity index (χ1) is 9.74. The number of rotatable bonds is 6. The molecule has 2 aromatic rings. The van der Waals surface area contributed by atoms with Crippen molar-refractivity contribution in [2.24, 2.45) is 0 Å². The Bertz CT molecular complexity index is 461. The molecule has 0 saturated carbocycles. The molecule has 0 radical (unpaired) electrons. The topological polar surface area (TPSA) is 0 Å². The summed E-state index contributed by atoms with van der Waals surface area (Å²) in [5.74, 6) is 0.772. The fourth-order valence-electron chi connectivity index (χ4n) is 2.58. The molecule has 0 bridgehead atoms. The van der Waals surface area contributed by atoms with Crippen LogP contribution in [0.1, 0.15) is 6.42 Å². The fraction of sp³-hybridized carbons (Fsp3) is 0.294. The summed E-state index contributed by atoms with van der Waals surface area (Å²) in [7, 11) is -1.04. The van der Waals surface area contributed by atoms with Crippen LogP contribution in [0.25, 0.3) is 0 Å². The van der Waals surface area contributed by atoms with Crippen molar-refractivity contribution in [1.82, 2.24) is 0 Å². The van der Waals surface area contributed by atoms with Gasteiger partial charge in [-0.1, -0.05) is 73.8 Å². The zero-order chi connectivity index (χ0) is 14.4. The zero-order valence-electron chi connectivity index (χ0n) is 12.2. The molecule has 0 nitrogen and oxygen atoms in total. The molecular formula is C17H22ClPSi. The molecule has 0 heterocycles. The van der Waals surface area contributed by atoms with E-state index < -0.39 is 8.80 Å². The molecule has 3 heteroatoms. The van der Waals surface area contributed by atoms with E-state index in [-0.39, 0.29) is 7.92 Å². The van der Waals surface area contributed by atoms with E-state index in [1.807, 2.05) is 0 Å². The summed E-state index contributed by atoms with van der Waals surface area (Å²) >= 11 is 6.09. The van der Waals surface area contributed by atoms with E-state index in [0.29, 0.717) is 0 Å². The van der Waals surface area contributed by atoms with Crippen LogP contribution in [-0.2, 0) is 0 Å². The molecular weight excluding hydrogens is 299 g/mol. The summed E-state index contributed by atoms with van der Waals surface area (Å²) < 4.78 is 0. The van der Waals surface area contributed by atoms with Crippen molar-refractivity contribution in [1.29, 1.82) is 0 Å². The lowest BCUT2D eigenvalue weighted by atomic mass is 10.4. The fourth-order valence-corrected chi connectivity index (χ4v) is 9.87. The number of hydrogen-bond donors (Lipinski definition) is 0. The molecule has 0 fully saturated rings. The highest BCUT2D eigenvalue weighted by Crippen LogP contribution is 2.42. The van der Waals surface area contributed by atoms with Gasteiger partial charge >= 0.3 is 0 Å². The average molecular weight is 321 g/mol. The van der Waals surface area contributed by atoms with Crippen LogP contribution in [0, 0.1) is 0 Å². The van der Waals surface area contributed by atoms with Gasteiger partial charge in [-0.25, -0.2) is 0 Å². The van der Waals surface area contributed by atoms with Gasteiger partial charge in [-0.2, -0.15) is 0 Å². The van der Waals surface area contributed by atoms with Gasteiger partial charge in [0.15, 0.2) is 0 Å². The van der Waals surface area contributed by atoms with Crippen LogP contribution in [0.2, 0.25) is 13.1 Å². The molecule has 106 valence electrons. The summed E-state index contributed by atoms with van der Waals surface area (Å²) in [6, 6.07) is 22.0. The minimum atomic E-state index is -0.756. The maximum atomic E-state index is 6.09. The van der Waals surface area contributed by atoms with E-state index in [9.17, 15) is 0 Å². The van der Waals surface area contributed by atoms with Crippen LogP contribution in [0.4, 0.5) is 0 Å². The summed E-state index contributed by atoms with van der Waals surface area (Å²) in [5, 5.41) is 3.75. The van der Waals surface area contributed by atoms with Gasteiger partial charge in [0.2, 0.25) is 0 Å². The second kappa shape index (κ2) is 7.98. The summed E-state index contributed by atoms with van der Waals surface area (Å²) in [4.78, 5) is 0. The predicted molar refractivity (Wildman–Crippen MR) is 97.1 cm³/mol. The second-order valence-corrected chi connectivity index (χ2v) is 12.0. The third-order valence-electron chi connectivity index (χ3n) is 3.57. The Morgan fingerprint density at radius 1 is 0.900 bits per heavy atom. The van der Waals surface area contributed by atoms with E-state index in [1.165, 1.54) is 10.6 Å². The molecule has 0 amide bonds. The van der Waals surface area contributed by atoms with E-state index in [1.54, 1.807) is 0 Å². The molecule has 1 atom stereocenters. The van der Waals surface area contributed by atoms with Crippen LogP contribution in [0.5, 0.6) is 0 Å². The first kappa shape index (κ1) is 15.8. The maximum Gasteiger partial charge on any atom is 0.0395 e. The first-order valence-electron chi connectivity index (χ1n) is 7.19. The van der Waals surface area contributed by atoms with Crippen LogP contribution in [-0.4, -0.2) is 20.0 Å². The monoisotopic (exact) mass is 320 g/mol. The first-order valence-corrected chi connectivity index (χ1v) is 12.1. The van der Waals surface area contributed by atoms with Crippen molar-refractivity contribution in [3.8, 4) is 0 Å². The normalized spacial score (nSPS) is 12.8. The Balaban J connectivity index is 2.43. The van der Waals surface area contributed by atoms with E-state index in [4.69, 9.17) is 11.6 Å². The van der Waals surface area contributed by atoms with Gasteiger partial charge in [0.1, 0.15) is 0 Å². The Kier molecular flexibility index (Phi) is 6.28. The lowest BCUT2D eigenvalue weighted by Crippen LogP contribution is -2.31. The zero-order valence-corrected chi connectivity index (χ0v) is 15.0. The molecule has 0 aliphatic carbocycles. The number of benzene rings is 2. The number of halogens is 1. The third-order valence-corrected chi connectivity index (χ3v) is 11.0. The van der Waals surface area contributed by atoms with Crippen LogP contribution < -0.4 is 10.6 Å². The highest BCUT2D eigenvalue weighted by Gasteiger charge is 2.27. The lowest BCUT2D eigenvalue weighted by Gasteiger charge is -2.30. The van der Waals surface area contributed by atoms with Crippen molar-refractivity contribution in [2.75, 3.05) is 5.88 Å². The second-order valence-electron chi connectivity index (χ2n) is 5.33. The largest absolute Gasteiger partial charge is 0.127 e. The third kappa shape index (κ3) is 3.94. The Hall–Kier alpha value is -0.623. The maximum absolute atomic E-state index is 6.09. The van der Waals surface area contributed by atoms with E-state index >= 15 is 0 Å². The molecule has 0 aliphatic heterocycles. The molecule has 0 saturated heterocycles. The minimum absolute atomic E-state index is 0.282. The molecule has 2 rings (SSSR count). The van der Waals surface area contributed by atoms with Crippen LogP contribution in [0.15, 0.2) is 60.7 Å². The Morgan fingerprint density at radius 2 is 1.35 bits per heavy atom. The van der Waals surface area contributed by atoms with Crippen molar-refractivity contribution in [2.45, 2.75) is 24.8 Å². The van der Waals surface area contributed by atoms with Crippen LogP contribution >= 0.6 is 19.5 Å². The standard InChI is InChI=1S/C17H22ClPSi/c1-20(2)17(13-14-18)19(15-9-5-3-6-10-15)16-11-7-4-8-12-16/h3-12,17,20H,13-14H2,1-2H3. The summed E-state index contributed by atoms with van der Waals surface area (Å²) in [5.41, 5.74) is 0. The van der Waals surface area contributed by atoms with Crippen molar-refractivity contribution >= 4 is 38.9 Å². The van der Waals surface area contributed by atoms with Gasteiger partial charge in [0.25, 0.3) is 0 Å². The minimum Gasteiger partial charge on any atom is -0.127 e. The van der Waals surface area contributed by atoms with Gasteiger partial charge in [0.05, 0.1) is 0 Å². The molecule has 0 aliphatic rings. The number of hydrogen-bond acceptors (Lipinski definition) is 0. The van der Waals surface area contributed by atoms with Crippen LogP contribution in [0.3, 0.4) is 0 Å².